The number of phenolic OH excluding ortho intramolecular Hbond substituents is 2. The predicted molar refractivity (Wildman–Crippen MR) is 75.8 cm³/mol. The molecule has 19 heavy (non-hydrogen) atoms. The molecule has 3 N–H and O–H groups in total. The smallest absolute Gasteiger partial charge is 0.255 e. The molecule has 0 fully saturated rings. The minimum absolute atomic E-state index is 0.0694. The molecule has 1 atom stereocenters. The fraction of sp³-hybridized carbons (Fsp3) is 0.500. The lowest BCUT2D eigenvalue weighted by Gasteiger charge is -2.15. The summed E-state index contributed by atoms with van der Waals surface area (Å²) in [4.78, 5) is 11.9. The summed E-state index contributed by atoms with van der Waals surface area (Å²) in [6.45, 7) is 2.63. The number of amides is 1. The zero-order chi connectivity index (χ0) is 14.3. The minimum atomic E-state index is -0.340. The van der Waals surface area contributed by atoms with E-state index in [9.17, 15) is 15.0 Å². The highest BCUT2D eigenvalue weighted by atomic mass is 35.5. The molecule has 106 valence electrons. The van der Waals surface area contributed by atoms with Crippen molar-refractivity contribution < 1.29 is 15.0 Å². The number of carbonyl (C=O) groups is 1. The lowest BCUT2D eigenvalue weighted by Crippen LogP contribution is -2.29. The molecule has 4 nitrogen and oxygen atoms in total. The van der Waals surface area contributed by atoms with Gasteiger partial charge in [-0.3, -0.25) is 4.79 Å². The summed E-state index contributed by atoms with van der Waals surface area (Å²) in [6, 6.07) is 3.92. The second-order valence-electron chi connectivity index (χ2n) is 4.54. The second kappa shape index (κ2) is 7.89. The molecule has 1 aromatic rings. The molecule has 5 heteroatoms. The summed E-state index contributed by atoms with van der Waals surface area (Å²) in [5.74, 6) is 0.297. The summed E-state index contributed by atoms with van der Waals surface area (Å²) >= 11 is 5.73. The number of hydrogen-bond acceptors (Lipinski definition) is 3. The second-order valence-corrected chi connectivity index (χ2v) is 4.92. The lowest BCUT2D eigenvalue weighted by atomic mass is 10.0. The van der Waals surface area contributed by atoms with Gasteiger partial charge < -0.3 is 15.5 Å². The normalized spacial score (nSPS) is 12.1. The van der Waals surface area contributed by atoms with Crippen LogP contribution in [0.3, 0.4) is 0 Å². The minimum Gasteiger partial charge on any atom is -0.508 e. The Morgan fingerprint density at radius 2 is 2.11 bits per heavy atom. The molecule has 0 aliphatic carbocycles. The number of halogens is 1. The van der Waals surface area contributed by atoms with E-state index >= 15 is 0 Å². The Bertz CT molecular complexity index is 417. The Labute approximate surface area is 118 Å². The standard InChI is InChI=1S/C14H20ClNO3/c1-2-3-10(6-7-15)9-16-14(19)12-5-4-11(17)8-13(12)18/h4-5,8,10,17-18H,2-3,6-7,9H2,1H3,(H,16,19). The maximum absolute atomic E-state index is 11.9. The molecule has 0 radical (unpaired) electrons. The average Bonchev–Trinajstić information content (AvgIpc) is 2.36. The van der Waals surface area contributed by atoms with Crippen LogP contribution in [-0.4, -0.2) is 28.5 Å². The number of carbonyl (C=O) groups excluding carboxylic acids is 1. The number of nitrogens with one attached hydrogen (secondary N) is 1. The number of aromatic hydroxyl groups is 2. The highest BCUT2D eigenvalue weighted by Gasteiger charge is 2.14. The third-order valence-electron chi connectivity index (χ3n) is 2.99. The molecule has 0 aliphatic heterocycles. The molecule has 0 bridgehead atoms. The van der Waals surface area contributed by atoms with Gasteiger partial charge >= 0.3 is 0 Å². The maximum Gasteiger partial charge on any atom is 0.255 e. The molecule has 1 amide bonds. The number of phenols is 2. The van der Waals surface area contributed by atoms with Crippen LogP contribution < -0.4 is 5.32 Å². The quantitative estimate of drug-likeness (QED) is 0.675. The summed E-state index contributed by atoms with van der Waals surface area (Å²) in [5.41, 5.74) is 0.166. The van der Waals surface area contributed by atoms with Crippen LogP contribution >= 0.6 is 11.6 Å². The van der Waals surface area contributed by atoms with Gasteiger partial charge in [-0.1, -0.05) is 13.3 Å². The molecule has 1 unspecified atom stereocenters. The van der Waals surface area contributed by atoms with Crippen molar-refractivity contribution in [1.82, 2.24) is 5.32 Å². The Balaban J connectivity index is 2.58. The Morgan fingerprint density at radius 1 is 1.37 bits per heavy atom. The van der Waals surface area contributed by atoms with Gasteiger partial charge in [0.1, 0.15) is 11.5 Å². The van der Waals surface area contributed by atoms with Crippen LogP contribution in [0.2, 0.25) is 0 Å². The molecule has 0 spiro atoms. The van der Waals surface area contributed by atoms with Crippen molar-refractivity contribution in [2.75, 3.05) is 12.4 Å². The van der Waals surface area contributed by atoms with Gasteiger partial charge in [0.2, 0.25) is 0 Å². The van der Waals surface area contributed by atoms with Crippen LogP contribution in [0.25, 0.3) is 0 Å². The fourth-order valence-corrected chi connectivity index (χ4v) is 2.26. The zero-order valence-electron chi connectivity index (χ0n) is 11.0. The maximum atomic E-state index is 11.9. The SMILES string of the molecule is CCCC(CCCl)CNC(=O)c1ccc(O)cc1O. The van der Waals surface area contributed by atoms with Crippen molar-refractivity contribution in [1.29, 1.82) is 0 Å². The largest absolute Gasteiger partial charge is 0.508 e. The number of hydrogen-bond donors (Lipinski definition) is 3. The van der Waals surface area contributed by atoms with Gasteiger partial charge in [0, 0.05) is 18.5 Å². The third-order valence-corrected chi connectivity index (χ3v) is 3.21. The van der Waals surface area contributed by atoms with Crippen molar-refractivity contribution in [2.24, 2.45) is 5.92 Å². The van der Waals surface area contributed by atoms with E-state index in [0.29, 0.717) is 18.3 Å². The van der Waals surface area contributed by atoms with E-state index in [1.165, 1.54) is 12.1 Å². The average molecular weight is 286 g/mol. The van der Waals surface area contributed by atoms with Gasteiger partial charge in [0.05, 0.1) is 5.56 Å². The summed E-state index contributed by atoms with van der Waals surface area (Å²) < 4.78 is 0. The van der Waals surface area contributed by atoms with E-state index in [0.717, 1.165) is 25.3 Å². The molecule has 1 aromatic carbocycles. The van der Waals surface area contributed by atoms with Gasteiger partial charge in [-0.2, -0.15) is 0 Å². The van der Waals surface area contributed by atoms with Gasteiger partial charge in [-0.05, 0) is 30.9 Å². The van der Waals surface area contributed by atoms with Crippen molar-refractivity contribution in [3.8, 4) is 11.5 Å². The number of rotatable bonds is 7. The van der Waals surface area contributed by atoms with Crippen LogP contribution in [0.1, 0.15) is 36.5 Å². The van der Waals surface area contributed by atoms with Crippen LogP contribution in [-0.2, 0) is 0 Å². The van der Waals surface area contributed by atoms with E-state index in [1.54, 1.807) is 0 Å². The monoisotopic (exact) mass is 285 g/mol. The molecule has 0 aliphatic rings. The first kappa shape index (κ1) is 15.6. The third kappa shape index (κ3) is 4.99. The van der Waals surface area contributed by atoms with Crippen LogP contribution in [0, 0.1) is 5.92 Å². The van der Waals surface area contributed by atoms with Crippen molar-refractivity contribution in [2.45, 2.75) is 26.2 Å². The van der Waals surface area contributed by atoms with Crippen LogP contribution in [0.4, 0.5) is 0 Å². The summed E-state index contributed by atoms with van der Waals surface area (Å²) in [6.07, 6.45) is 2.91. The van der Waals surface area contributed by atoms with Crippen LogP contribution in [0.5, 0.6) is 11.5 Å². The first-order valence-corrected chi connectivity index (χ1v) is 6.98. The highest BCUT2D eigenvalue weighted by molar-refractivity contribution is 6.17. The molecule has 0 heterocycles. The Hall–Kier alpha value is -1.42. The fourth-order valence-electron chi connectivity index (χ4n) is 1.96. The molecule has 1 rings (SSSR count). The lowest BCUT2D eigenvalue weighted by molar-refractivity contribution is 0.0943. The van der Waals surface area contributed by atoms with E-state index in [-0.39, 0.29) is 23.0 Å². The topological polar surface area (TPSA) is 69.6 Å². The van der Waals surface area contributed by atoms with Gasteiger partial charge in [-0.15, -0.1) is 11.6 Å². The molecule has 0 saturated heterocycles. The Kier molecular flexibility index (Phi) is 6.50. The zero-order valence-corrected chi connectivity index (χ0v) is 11.8. The van der Waals surface area contributed by atoms with E-state index in [2.05, 4.69) is 12.2 Å². The number of alkyl halides is 1. The van der Waals surface area contributed by atoms with Gasteiger partial charge in [0.15, 0.2) is 0 Å². The van der Waals surface area contributed by atoms with Crippen molar-refractivity contribution >= 4 is 17.5 Å². The summed E-state index contributed by atoms with van der Waals surface area (Å²) in [5, 5.41) is 21.6. The van der Waals surface area contributed by atoms with Crippen LogP contribution in [0.15, 0.2) is 18.2 Å². The van der Waals surface area contributed by atoms with Gasteiger partial charge in [0.25, 0.3) is 5.91 Å². The Morgan fingerprint density at radius 3 is 2.68 bits per heavy atom. The molecular formula is C14H20ClNO3. The first-order chi connectivity index (χ1) is 9.08. The van der Waals surface area contributed by atoms with Crippen molar-refractivity contribution in [3.05, 3.63) is 23.8 Å². The molecule has 0 saturated carbocycles. The van der Waals surface area contributed by atoms with E-state index in [1.807, 2.05) is 0 Å². The molecular weight excluding hydrogens is 266 g/mol. The number of benzene rings is 1. The first-order valence-electron chi connectivity index (χ1n) is 6.44. The highest BCUT2D eigenvalue weighted by Crippen LogP contribution is 2.22. The van der Waals surface area contributed by atoms with E-state index < -0.39 is 0 Å². The summed E-state index contributed by atoms with van der Waals surface area (Å²) in [7, 11) is 0. The predicted octanol–water partition coefficient (Wildman–Crippen LogP) is 2.87. The molecule has 0 aromatic heterocycles. The van der Waals surface area contributed by atoms with E-state index in [4.69, 9.17) is 11.6 Å². The van der Waals surface area contributed by atoms with Gasteiger partial charge in [-0.25, -0.2) is 0 Å². The van der Waals surface area contributed by atoms with Crippen molar-refractivity contribution in [3.63, 3.8) is 0 Å².